The third-order valence-corrected chi connectivity index (χ3v) is 7.55. The molecule has 9 heteroatoms. The van der Waals surface area contributed by atoms with E-state index in [1.807, 2.05) is 32.0 Å². The molecule has 1 amide bonds. The number of hydrogen-bond donors (Lipinski definition) is 1. The number of anilines is 1. The predicted molar refractivity (Wildman–Crippen MR) is 121 cm³/mol. The summed E-state index contributed by atoms with van der Waals surface area (Å²) in [4.78, 5) is 16.8. The Kier molecular flexibility index (Phi) is 6.38. The number of nitrogens with one attached hydrogen (secondary N) is 1. The average Bonchev–Trinajstić information content (AvgIpc) is 3.48. The van der Waals surface area contributed by atoms with E-state index < -0.39 is 10.0 Å². The van der Waals surface area contributed by atoms with Gasteiger partial charge in [-0.25, -0.2) is 8.42 Å². The van der Waals surface area contributed by atoms with Crippen molar-refractivity contribution in [3.63, 3.8) is 0 Å². The molecule has 8 nitrogen and oxygen atoms in total. The molecule has 0 atom stereocenters. The normalized spacial score (nSPS) is 14.6. The second-order valence-electron chi connectivity index (χ2n) is 7.99. The predicted octanol–water partition coefficient (Wildman–Crippen LogP) is 3.71. The Labute approximate surface area is 187 Å². The molecule has 2 aromatic carbocycles. The zero-order valence-electron chi connectivity index (χ0n) is 18.2. The Balaban J connectivity index is 1.36. The van der Waals surface area contributed by atoms with Crippen LogP contribution in [-0.4, -0.2) is 41.9 Å². The molecule has 0 unspecified atom stereocenters. The molecular formula is C23H26N4O4S. The fraction of sp³-hybridized carbons (Fsp3) is 0.348. The second kappa shape index (κ2) is 9.22. The van der Waals surface area contributed by atoms with Crippen molar-refractivity contribution in [3.8, 4) is 11.4 Å². The largest absolute Gasteiger partial charge is 0.339 e. The summed E-state index contributed by atoms with van der Waals surface area (Å²) in [5, 5.41) is 6.83. The lowest BCUT2D eigenvalue weighted by atomic mass is 10.1. The van der Waals surface area contributed by atoms with Gasteiger partial charge in [0.15, 0.2) is 0 Å². The molecule has 0 bridgehead atoms. The molecule has 0 spiro atoms. The monoisotopic (exact) mass is 454 g/mol. The van der Waals surface area contributed by atoms with Gasteiger partial charge >= 0.3 is 0 Å². The number of carbonyl (C=O) groups is 1. The van der Waals surface area contributed by atoms with Crippen LogP contribution in [0.2, 0.25) is 0 Å². The zero-order chi connectivity index (χ0) is 22.7. The minimum Gasteiger partial charge on any atom is -0.339 e. The van der Waals surface area contributed by atoms with Crippen molar-refractivity contribution in [2.75, 3.05) is 18.4 Å². The number of rotatable bonds is 7. The Morgan fingerprint density at radius 2 is 1.78 bits per heavy atom. The molecule has 1 N–H and O–H groups in total. The van der Waals surface area contributed by atoms with Crippen LogP contribution in [-0.2, 0) is 21.2 Å². The van der Waals surface area contributed by atoms with E-state index in [1.54, 1.807) is 24.3 Å². The fourth-order valence-corrected chi connectivity index (χ4v) is 5.11. The molecule has 1 aliphatic heterocycles. The van der Waals surface area contributed by atoms with Crippen LogP contribution in [0.5, 0.6) is 0 Å². The van der Waals surface area contributed by atoms with E-state index in [0.717, 1.165) is 24.1 Å². The van der Waals surface area contributed by atoms with Gasteiger partial charge in [0.25, 0.3) is 0 Å². The number of benzene rings is 2. The minimum atomic E-state index is -3.46. The summed E-state index contributed by atoms with van der Waals surface area (Å²) in [6.07, 6.45) is 2.31. The zero-order valence-corrected chi connectivity index (χ0v) is 19.0. The van der Waals surface area contributed by atoms with Crippen LogP contribution >= 0.6 is 0 Å². The molecule has 32 heavy (non-hydrogen) atoms. The van der Waals surface area contributed by atoms with Crippen molar-refractivity contribution in [2.24, 2.45) is 0 Å². The first-order chi connectivity index (χ1) is 15.3. The lowest BCUT2D eigenvalue weighted by molar-refractivity contribution is -0.116. The number of aryl methyl sites for hydroxylation is 3. The van der Waals surface area contributed by atoms with E-state index in [1.165, 1.54) is 9.87 Å². The van der Waals surface area contributed by atoms with Gasteiger partial charge in [-0.3, -0.25) is 4.79 Å². The van der Waals surface area contributed by atoms with Crippen molar-refractivity contribution in [1.82, 2.24) is 14.4 Å². The van der Waals surface area contributed by atoms with Crippen LogP contribution in [0, 0.1) is 13.8 Å². The van der Waals surface area contributed by atoms with E-state index >= 15 is 0 Å². The van der Waals surface area contributed by atoms with Crippen molar-refractivity contribution in [1.29, 1.82) is 0 Å². The van der Waals surface area contributed by atoms with Crippen LogP contribution in [0.4, 0.5) is 5.69 Å². The maximum atomic E-state index is 12.6. The van der Waals surface area contributed by atoms with Gasteiger partial charge in [0.1, 0.15) is 0 Å². The summed E-state index contributed by atoms with van der Waals surface area (Å²) in [5.41, 5.74) is 3.69. The molecule has 0 radical (unpaired) electrons. The number of sulfonamides is 1. The third-order valence-electron chi connectivity index (χ3n) is 5.64. The highest BCUT2D eigenvalue weighted by atomic mass is 32.2. The number of amides is 1. The molecule has 3 aromatic rings. The maximum absolute atomic E-state index is 12.6. The van der Waals surface area contributed by atoms with Crippen molar-refractivity contribution < 1.29 is 17.7 Å². The van der Waals surface area contributed by atoms with E-state index in [2.05, 4.69) is 15.5 Å². The van der Waals surface area contributed by atoms with Gasteiger partial charge in [0.05, 0.1) is 4.90 Å². The molecule has 0 aliphatic carbocycles. The Morgan fingerprint density at radius 3 is 2.47 bits per heavy atom. The van der Waals surface area contributed by atoms with Crippen molar-refractivity contribution >= 4 is 21.6 Å². The van der Waals surface area contributed by atoms with E-state index in [0.29, 0.717) is 36.8 Å². The standard InChI is InChI=1S/C23H26N4O4S/c1-16-5-8-19(15-17(16)2)24-21(28)11-12-22-25-23(26-31-22)18-6-9-20(10-7-18)32(29,30)27-13-3-4-14-27/h5-10,15H,3-4,11-14H2,1-2H3,(H,24,28). The summed E-state index contributed by atoms with van der Waals surface area (Å²) in [5.74, 6) is 0.577. The molecule has 0 saturated carbocycles. The van der Waals surface area contributed by atoms with Crippen molar-refractivity contribution in [2.45, 2.75) is 44.4 Å². The number of carbonyl (C=O) groups excluding carboxylic acids is 1. The van der Waals surface area contributed by atoms with Crippen LogP contribution < -0.4 is 5.32 Å². The highest BCUT2D eigenvalue weighted by molar-refractivity contribution is 7.89. The van der Waals surface area contributed by atoms with E-state index in [-0.39, 0.29) is 17.2 Å². The molecule has 1 aromatic heterocycles. The Morgan fingerprint density at radius 1 is 1.06 bits per heavy atom. The maximum Gasteiger partial charge on any atom is 0.243 e. The molecule has 1 saturated heterocycles. The summed E-state index contributed by atoms with van der Waals surface area (Å²) in [6.45, 7) is 5.15. The highest BCUT2D eigenvalue weighted by Crippen LogP contribution is 2.24. The Hall–Kier alpha value is -3.04. The number of aromatic nitrogens is 2. The minimum absolute atomic E-state index is 0.135. The van der Waals surface area contributed by atoms with Crippen LogP contribution in [0.25, 0.3) is 11.4 Å². The first kappa shape index (κ1) is 22.2. The number of nitrogens with zero attached hydrogens (tertiary/aromatic N) is 3. The fourth-order valence-electron chi connectivity index (χ4n) is 3.59. The van der Waals surface area contributed by atoms with Crippen LogP contribution in [0.15, 0.2) is 51.9 Å². The van der Waals surface area contributed by atoms with E-state index in [4.69, 9.17) is 4.52 Å². The molecule has 1 fully saturated rings. The first-order valence-electron chi connectivity index (χ1n) is 10.6. The van der Waals surface area contributed by atoms with E-state index in [9.17, 15) is 13.2 Å². The van der Waals surface area contributed by atoms with Crippen molar-refractivity contribution in [3.05, 3.63) is 59.5 Å². The van der Waals surface area contributed by atoms with Gasteiger partial charge in [-0.1, -0.05) is 11.2 Å². The molecule has 168 valence electrons. The quantitative estimate of drug-likeness (QED) is 0.583. The summed E-state index contributed by atoms with van der Waals surface area (Å²) < 4.78 is 32.1. The van der Waals surface area contributed by atoms with Gasteiger partial charge in [-0.05, 0) is 74.2 Å². The van der Waals surface area contributed by atoms with Crippen LogP contribution in [0.1, 0.15) is 36.3 Å². The first-order valence-corrected chi connectivity index (χ1v) is 12.1. The van der Waals surface area contributed by atoms with Gasteiger partial charge in [-0.15, -0.1) is 0 Å². The lowest BCUT2D eigenvalue weighted by Crippen LogP contribution is -2.27. The lowest BCUT2D eigenvalue weighted by Gasteiger charge is -2.15. The highest BCUT2D eigenvalue weighted by Gasteiger charge is 2.27. The molecule has 4 rings (SSSR count). The molecular weight excluding hydrogens is 428 g/mol. The smallest absolute Gasteiger partial charge is 0.243 e. The summed E-state index contributed by atoms with van der Waals surface area (Å²) in [6, 6.07) is 12.3. The average molecular weight is 455 g/mol. The third kappa shape index (κ3) is 4.89. The second-order valence-corrected chi connectivity index (χ2v) is 9.93. The summed E-state index contributed by atoms with van der Waals surface area (Å²) in [7, 11) is -3.46. The SMILES string of the molecule is Cc1ccc(NC(=O)CCc2nc(-c3ccc(S(=O)(=O)N4CCCC4)cc3)no2)cc1C. The van der Waals surface area contributed by atoms with Gasteiger partial charge in [0, 0.05) is 37.2 Å². The topological polar surface area (TPSA) is 105 Å². The Bertz CT molecular complexity index is 1210. The number of hydrogen-bond acceptors (Lipinski definition) is 6. The van der Waals surface area contributed by atoms with Gasteiger partial charge in [0.2, 0.25) is 27.6 Å². The summed E-state index contributed by atoms with van der Waals surface area (Å²) >= 11 is 0. The van der Waals surface area contributed by atoms with Gasteiger partial charge < -0.3 is 9.84 Å². The molecule has 1 aliphatic rings. The van der Waals surface area contributed by atoms with Gasteiger partial charge in [-0.2, -0.15) is 9.29 Å². The van der Waals surface area contributed by atoms with Crippen LogP contribution in [0.3, 0.4) is 0 Å². The molecule has 2 heterocycles.